The lowest BCUT2D eigenvalue weighted by Gasteiger charge is -2.43. The summed E-state index contributed by atoms with van der Waals surface area (Å²) in [5.74, 6) is 1.65. The highest BCUT2D eigenvalue weighted by molar-refractivity contribution is 5.88. The normalized spacial score (nSPS) is 24.3. The Balaban J connectivity index is 2.12. The van der Waals surface area contributed by atoms with Crippen molar-refractivity contribution in [1.29, 1.82) is 0 Å². The van der Waals surface area contributed by atoms with Crippen molar-refractivity contribution < 1.29 is 4.74 Å². The molecule has 0 heterocycles. The molecule has 0 bridgehead atoms. The van der Waals surface area contributed by atoms with Gasteiger partial charge in [-0.15, -0.1) is 0 Å². The fourth-order valence-electron chi connectivity index (χ4n) is 4.66. The number of hydrogen-bond donors (Lipinski definition) is 0. The van der Waals surface area contributed by atoms with Gasteiger partial charge >= 0.3 is 0 Å². The van der Waals surface area contributed by atoms with Crippen LogP contribution in [-0.2, 0) is 6.42 Å². The number of benzene rings is 2. The van der Waals surface area contributed by atoms with Crippen LogP contribution in [0.2, 0.25) is 0 Å². The third-order valence-electron chi connectivity index (χ3n) is 5.77. The summed E-state index contributed by atoms with van der Waals surface area (Å²) in [7, 11) is 1.74. The third-order valence-corrected chi connectivity index (χ3v) is 5.77. The van der Waals surface area contributed by atoms with Crippen LogP contribution in [0.25, 0.3) is 10.8 Å². The molecule has 0 amide bonds. The molecule has 22 heavy (non-hydrogen) atoms. The second-order valence-electron chi connectivity index (χ2n) is 7.09. The smallest absolute Gasteiger partial charge is 0.119 e. The van der Waals surface area contributed by atoms with E-state index in [1.807, 2.05) is 0 Å². The van der Waals surface area contributed by atoms with Crippen LogP contribution < -0.4 is 4.74 Å². The zero-order valence-corrected chi connectivity index (χ0v) is 14.4. The number of fused-ring (bicyclic) bond motifs is 3. The van der Waals surface area contributed by atoms with Crippen LogP contribution in [0.4, 0.5) is 0 Å². The fourth-order valence-corrected chi connectivity index (χ4v) is 4.66. The van der Waals surface area contributed by atoms with Crippen molar-refractivity contribution in [2.75, 3.05) is 7.11 Å². The first-order chi connectivity index (χ1) is 10.6. The molecule has 1 heteroatoms. The lowest BCUT2D eigenvalue weighted by atomic mass is 9.61. The van der Waals surface area contributed by atoms with E-state index >= 15 is 0 Å². The van der Waals surface area contributed by atoms with E-state index in [1.54, 1.807) is 18.2 Å². The quantitative estimate of drug-likeness (QED) is 0.663. The summed E-state index contributed by atoms with van der Waals surface area (Å²) in [5, 5.41) is 2.74. The molecule has 2 aromatic carbocycles. The minimum atomic E-state index is 0.469. The molecule has 0 aliphatic heterocycles. The van der Waals surface area contributed by atoms with Crippen molar-refractivity contribution in [3.63, 3.8) is 0 Å². The predicted molar refractivity (Wildman–Crippen MR) is 94.9 cm³/mol. The van der Waals surface area contributed by atoms with Gasteiger partial charge in [-0.2, -0.15) is 0 Å². The first-order valence-electron chi connectivity index (χ1n) is 8.72. The summed E-state index contributed by atoms with van der Waals surface area (Å²) >= 11 is 0. The van der Waals surface area contributed by atoms with E-state index in [9.17, 15) is 0 Å². The van der Waals surface area contributed by atoms with Crippen molar-refractivity contribution >= 4 is 10.8 Å². The van der Waals surface area contributed by atoms with Gasteiger partial charge in [-0.3, -0.25) is 0 Å². The summed E-state index contributed by atoms with van der Waals surface area (Å²) in [6.07, 6.45) is 6.40. The Morgan fingerprint density at radius 1 is 1.18 bits per heavy atom. The summed E-state index contributed by atoms with van der Waals surface area (Å²) in [4.78, 5) is 0. The fraction of sp³-hybridized carbons (Fsp3) is 0.524. The molecule has 0 N–H and O–H groups in total. The van der Waals surface area contributed by atoms with Gasteiger partial charge < -0.3 is 4.74 Å². The molecular formula is C21H28O. The molecule has 1 nitrogen and oxygen atoms in total. The Hall–Kier alpha value is -1.50. The lowest BCUT2D eigenvalue weighted by molar-refractivity contribution is 0.190. The molecule has 3 rings (SSSR count). The minimum Gasteiger partial charge on any atom is -0.497 e. The highest BCUT2D eigenvalue weighted by Crippen LogP contribution is 2.51. The zero-order chi connectivity index (χ0) is 15.7. The van der Waals surface area contributed by atoms with Gasteiger partial charge in [-0.25, -0.2) is 0 Å². The zero-order valence-electron chi connectivity index (χ0n) is 14.4. The van der Waals surface area contributed by atoms with E-state index in [-0.39, 0.29) is 0 Å². The SMILES string of the molecule is CCCC1(C)CCc2c(ccc3cc(OC)ccc23)C1CC. The van der Waals surface area contributed by atoms with Gasteiger partial charge in [0.1, 0.15) is 5.75 Å². The van der Waals surface area contributed by atoms with Crippen LogP contribution in [0.1, 0.15) is 63.5 Å². The molecule has 0 fully saturated rings. The molecule has 118 valence electrons. The van der Waals surface area contributed by atoms with Gasteiger partial charge in [0.2, 0.25) is 0 Å². The van der Waals surface area contributed by atoms with E-state index in [4.69, 9.17) is 4.74 Å². The molecule has 1 aliphatic carbocycles. The molecular weight excluding hydrogens is 268 g/mol. The maximum Gasteiger partial charge on any atom is 0.119 e. The van der Waals surface area contributed by atoms with Crippen LogP contribution in [0.15, 0.2) is 30.3 Å². The van der Waals surface area contributed by atoms with Crippen LogP contribution >= 0.6 is 0 Å². The second-order valence-corrected chi connectivity index (χ2v) is 7.09. The first kappa shape index (κ1) is 15.4. The van der Waals surface area contributed by atoms with E-state index in [2.05, 4.69) is 51.1 Å². The van der Waals surface area contributed by atoms with Crippen LogP contribution in [0, 0.1) is 5.41 Å². The topological polar surface area (TPSA) is 9.23 Å². The lowest BCUT2D eigenvalue weighted by Crippen LogP contribution is -2.31. The Bertz CT molecular complexity index is 673. The van der Waals surface area contributed by atoms with E-state index in [1.165, 1.54) is 42.9 Å². The molecule has 0 aromatic heterocycles. The molecule has 2 aromatic rings. The highest BCUT2D eigenvalue weighted by Gasteiger charge is 2.38. The number of methoxy groups -OCH3 is 1. The van der Waals surface area contributed by atoms with Gasteiger partial charge in [-0.1, -0.05) is 45.4 Å². The minimum absolute atomic E-state index is 0.469. The second kappa shape index (κ2) is 5.95. The van der Waals surface area contributed by atoms with Gasteiger partial charge in [0.15, 0.2) is 0 Å². The van der Waals surface area contributed by atoms with Crippen molar-refractivity contribution in [2.24, 2.45) is 5.41 Å². The van der Waals surface area contributed by atoms with E-state index in [0.29, 0.717) is 11.3 Å². The largest absolute Gasteiger partial charge is 0.497 e. The molecule has 1 aliphatic rings. The Morgan fingerprint density at radius 2 is 2.00 bits per heavy atom. The Kier molecular flexibility index (Phi) is 4.16. The average molecular weight is 296 g/mol. The van der Waals surface area contributed by atoms with Crippen molar-refractivity contribution in [3.05, 3.63) is 41.5 Å². The summed E-state index contributed by atoms with van der Waals surface area (Å²) < 4.78 is 5.37. The number of rotatable bonds is 4. The Morgan fingerprint density at radius 3 is 2.68 bits per heavy atom. The molecule has 0 saturated heterocycles. The molecule has 0 saturated carbocycles. The van der Waals surface area contributed by atoms with Crippen LogP contribution in [0.5, 0.6) is 5.75 Å². The van der Waals surface area contributed by atoms with Gasteiger partial charge in [-0.05, 0) is 71.0 Å². The standard InChI is InChI=1S/C21H28O/c1-5-12-21(3)13-11-18-17-10-8-16(22-4)14-15(17)7-9-19(18)20(21)6-2/h7-10,14,20H,5-6,11-13H2,1-4H3. The monoisotopic (exact) mass is 296 g/mol. The summed E-state index contributed by atoms with van der Waals surface area (Å²) in [6.45, 7) is 7.18. The summed E-state index contributed by atoms with van der Waals surface area (Å²) in [6, 6.07) is 11.2. The maximum absolute atomic E-state index is 5.37. The highest BCUT2D eigenvalue weighted by atomic mass is 16.5. The van der Waals surface area contributed by atoms with E-state index in [0.717, 1.165) is 5.75 Å². The molecule has 0 spiro atoms. The number of hydrogen-bond acceptors (Lipinski definition) is 1. The van der Waals surface area contributed by atoms with Crippen molar-refractivity contribution in [1.82, 2.24) is 0 Å². The third kappa shape index (κ3) is 2.41. The number of aryl methyl sites for hydroxylation is 1. The molecule has 2 atom stereocenters. The average Bonchev–Trinajstić information content (AvgIpc) is 2.53. The van der Waals surface area contributed by atoms with Gasteiger partial charge in [0.05, 0.1) is 7.11 Å². The van der Waals surface area contributed by atoms with Gasteiger partial charge in [0.25, 0.3) is 0 Å². The van der Waals surface area contributed by atoms with Crippen LogP contribution in [0.3, 0.4) is 0 Å². The molecule has 2 unspecified atom stereocenters. The van der Waals surface area contributed by atoms with Gasteiger partial charge in [0, 0.05) is 0 Å². The maximum atomic E-state index is 5.37. The van der Waals surface area contributed by atoms with Crippen molar-refractivity contribution in [3.8, 4) is 5.75 Å². The van der Waals surface area contributed by atoms with Crippen LogP contribution in [-0.4, -0.2) is 7.11 Å². The molecule has 0 radical (unpaired) electrons. The predicted octanol–water partition coefficient (Wildman–Crippen LogP) is 6.09. The van der Waals surface area contributed by atoms with E-state index < -0.39 is 0 Å². The first-order valence-corrected chi connectivity index (χ1v) is 8.72. The summed E-state index contributed by atoms with van der Waals surface area (Å²) in [5.41, 5.74) is 3.65. The Labute approximate surface area is 134 Å². The van der Waals surface area contributed by atoms with Crippen molar-refractivity contribution in [2.45, 2.75) is 58.8 Å². The number of ether oxygens (including phenoxy) is 1.